The van der Waals surface area contributed by atoms with Crippen molar-refractivity contribution in [3.63, 3.8) is 0 Å². The highest BCUT2D eigenvalue weighted by Gasteiger charge is 2.16. The molecule has 0 fully saturated rings. The number of benzene rings is 3. The maximum atomic E-state index is 10.4. The number of imidazole rings is 1. The summed E-state index contributed by atoms with van der Waals surface area (Å²) in [6, 6.07) is 19.6. The molecule has 0 saturated carbocycles. The van der Waals surface area contributed by atoms with E-state index in [9.17, 15) is 25.9 Å². The van der Waals surface area contributed by atoms with Crippen LogP contribution < -0.4 is 20.7 Å². The molecule has 3 aromatic carbocycles. The topological polar surface area (TPSA) is 208 Å². The molecule has 0 amide bonds. The van der Waals surface area contributed by atoms with E-state index in [1.54, 1.807) is 47.3 Å². The van der Waals surface area contributed by atoms with Crippen LogP contribution in [-0.4, -0.2) is 47.9 Å². The smallest absolute Gasteiger partial charge is 0.345 e. The minimum absolute atomic E-state index is 0.103. The third-order valence-corrected chi connectivity index (χ3v) is 8.53. The Bertz CT molecular complexity index is 1890. The molecule has 0 aliphatic carbocycles. The summed E-state index contributed by atoms with van der Waals surface area (Å²) >= 11 is 1.71. The van der Waals surface area contributed by atoms with Gasteiger partial charge in [0.05, 0.1) is 16.8 Å². The molecule has 13 nitrogen and oxygen atoms in total. The van der Waals surface area contributed by atoms with Crippen LogP contribution in [0.4, 0.5) is 0 Å². The van der Waals surface area contributed by atoms with Gasteiger partial charge < -0.3 is 14.8 Å². The Morgan fingerprint density at radius 1 is 0.932 bits per heavy atom. The number of rotatable bonds is 5. The van der Waals surface area contributed by atoms with Crippen LogP contribution in [0.3, 0.4) is 0 Å². The number of hydroxylamine groups is 1. The van der Waals surface area contributed by atoms with E-state index >= 15 is 0 Å². The Kier molecular flexibility index (Phi) is 11.5. The zero-order chi connectivity index (χ0) is 32.5. The maximum Gasteiger partial charge on any atom is 0.345 e. The van der Waals surface area contributed by atoms with Crippen molar-refractivity contribution in [2.24, 2.45) is 17.9 Å². The monoisotopic (exact) mass is 658 g/mol. The van der Waals surface area contributed by atoms with Crippen LogP contribution in [-0.2, 0) is 27.3 Å². The Morgan fingerprint density at radius 2 is 1.43 bits per heavy atom. The predicted octanol–water partition coefficient (Wildman–Crippen LogP) is 0.999. The molecule has 0 saturated heterocycles. The van der Waals surface area contributed by atoms with Crippen LogP contribution in [0.15, 0.2) is 105 Å². The van der Waals surface area contributed by atoms with Gasteiger partial charge in [0.25, 0.3) is 5.96 Å². The Balaban J connectivity index is 0.000000202. The molecule has 232 valence electrons. The van der Waals surface area contributed by atoms with E-state index in [1.807, 2.05) is 44.3 Å². The van der Waals surface area contributed by atoms with Crippen LogP contribution in [0.2, 0.25) is 0 Å². The number of thiazole rings is 1. The molecule has 5 rings (SSSR count). The molecule has 0 spiro atoms. The standard InChI is InChI=1S/C14H15N6OS.2C7H8O3S/c1-19-12(9-20-6-7-22-14(19)20)11-4-2-10(3-5-11)8-16-17-13(15)18-21;2*1-6-2-4-7(5-3-6)11(8,9)10/h2-9,21H,1H3,(H3,15,17,18);2*2-5H,1H3,(H,8,9,10)/q+1;;/p-1/b16-8+;;. The molecule has 5 aromatic rings. The van der Waals surface area contributed by atoms with Crippen LogP contribution in [0.25, 0.3) is 16.2 Å². The molecule has 5 N–H and O–H groups in total. The second kappa shape index (κ2) is 14.8. The van der Waals surface area contributed by atoms with Crippen molar-refractivity contribution in [3.05, 3.63) is 107 Å². The molecule has 44 heavy (non-hydrogen) atoms. The van der Waals surface area contributed by atoms with Crippen molar-refractivity contribution in [1.82, 2.24) is 10.0 Å². The molecular weight excluding hydrogens is 629 g/mol. The van der Waals surface area contributed by atoms with Gasteiger partial charge in [0.2, 0.25) is 6.21 Å². The third-order valence-electron chi connectivity index (χ3n) is 5.88. The summed E-state index contributed by atoms with van der Waals surface area (Å²) < 4.78 is 66.6. The highest BCUT2D eigenvalue weighted by Crippen LogP contribution is 2.21. The van der Waals surface area contributed by atoms with Crippen molar-refractivity contribution in [2.45, 2.75) is 23.6 Å². The lowest BCUT2D eigenvalue weighted by Crippen LogP contribution is -2.64. The number of aryl methyl sites for hydroxylation is 3. The average molecular weight is 659 g/mol. The Hall–Kier alpha value is -4.45. The van der Waals surface area contributed by atoms with Gasteiger partial charge in [0.15, 0.2) is 5.69 Å². The van der Waals surface area contributed by atoms with Gasteiger partial charge in [-0.1, -0.05) is 46.7 Å². The lowest BCUT2D eigenvalue weighted by molar-refractivity contribution is -0.505. The summed E-state index contributed by atoms with van der Waals surface area (Å²) in [7, 11) is -6.48. The number of nitrogens with zero attached hydrogens (tertiary/aromatic N) is 3. The fourth-order valence-corrected chi connectivity index (χ4v) is 5.33. The van der Waals surface area contributed by atoms with E-state index in [-0.39, 0.29) is 15.8 Å². The summed E-state index contributed by atoms with van der Waals surface area (Å²) in [4.78, 5) is 0.833. The SMILES string of the molecule is Cc1ccc(S(=O)(=O)[O-])cc1.Cc1ccc(S(=O)(=O)[O-])cc1.Cn1c(-c2ccc(/C=[NH+]/N=C(N)NO)cc2)c[n+]2ccsc12. The highest BCUT2D eigenvalue weighted by molar-refractivity contribution is 7.86. The first-order valence-electron chi connectivity index (χ1n) is 12.6. The summed E-state index contributed by atoms with van der Waals surface area (Å²) in [6.45, 7) is 3.64. The Morgan fingerprint density at radius 3 is 1.86 bits per heavy atom. The third kappa shape index (κ3) is 9.80. The molecule has 0 unspecified atom stereocenters. The molecule has 0 radical (unpaired) electrons. The maximum absolute atomic E-state index is 10.4. The van der Waals surface area contributed by atoms with Gasteiger partial charge in [0, 0.05) is 21.6 Å². The van der Waals surface area contributed by atoms with Crippen LogP contribution in [0, 0.1) is 13.8 Å². The molecule has 2 heterocycles. The zero-order valence-electron chi connectivity index (χ0n) is 23.8. The van der Waals surface area contributed by atoms with Crippen LogP contribution in [0.1, 0.15) is 16.7 Å². The number of hydrazone groups is 1. The first-order chi connectivity index (χ1) is 20.7. The first kappa shape index (κ1) is 34.0. The second-order valence-electron chi connectivity index (χ2n) is 9.20. The summed E-state index contributed by atoms with van der Waals surface area (Å²) in [5.41, 5.74) is 12.1. The van der Waals surface area contributed by atoms with E-state index in [1.165, 1.54) is 29.2 Å². The molecule has 16 heteroatoms. The van der Waals surface area contributed by atoms with Crippen molar-refractivity contribution in [1.29, 1.82) is 0 Å². The van der Waals surface area contributed by atoms with Crippen LogP contribution >= 0.6 is 11.3 Å². The number of hydrogen-bond acceptors (Lipinski definition) is 9. The van der Waals surface area contributed by atoms with Gasteiger partial charge in [-0.2, -0.15) is 4.40 Å². The molecular formula is C28H30N6O7S3. The predicted molar refractivity (Wildman–Crippen MR) is 163 cm³/mol. The van der Waals surface area contributed by atoms with E-state index < -0.39 is 20.2 Å². The van der Waals surface area contributed by atoms with Crippen molar-refractivity contribution in [3.8, 4) is 11.3 Å². The highest BCUT2D eigenvalue weighted by atomic mass is 32.2. The Labute approximate surface area is 258 Å². The van der Waals surface area contributed by atoms with Crippen LogP contribution in [0.5, 0.6) is 0 Å². The van der Waals surface area contributed by atoms with Gasteiger partial charge >= 0.3 is 4.96 Å². The largest absolute Gasteiger partial charge is 0.744 e. The van der Waals surface area contributed by atoms with Crippen molar-refractivity contribution < 1.29 is 40.7 Å². The molecule has 0 bridgehead atoms. The van der Waals surface area contributed by atoms with Crippen molar-refractivity contribution in [2.75, 3.05) is 0 Å². The van der Waals surface area contributed by atoms with Gasteiger partial charge in [-0.05, 0) is 62.4 Å². The lowest BCUT2D eigenvalue weighted by atomic mass is 10.1. The van der Waals surface area contributed by atoms with Gasteiger partial charge in [-0.15, -0.1) is 5.10 Å². The van der Waals surface area contributed by atoms with E-state index in [0.717, 1.165) is 27.9 Å². The average Bonchev–Trinajstić information content (AvgIpc) is 3.56. The van der Waals surface area contributed by atoms with Gasteiger partial charge in [-0.25, -0.2) is 26.9 Å². The minimum atomic E-state index is -4.27. The minimum Gasteiger partial charge on any atom is -0.744 e. The lowest BCUT2D eigenvalue weighted by Gasteiger charge is -2.05. The fourth-order valence-electron chi connectivity index (χ4n) is 3.58. The molecule has 0 aliphatic rings. The molecule has 0 aliphatic heterocycles. The second-order valence-corrected chi connectivity index (χ2v) is 12.8. The summed E-state index contributed by atoms with van der Waals surface area (Å²) in [5, 5.41) is 16.9. The number of aromatic nitrogens is 2. The van der Waals surface area contributed by atoms with Gasteiger partial charge in [-0.3, -0.25) is 5.21 Å². The number of hydrogen-bond donors (Lipinski definition) is 4. The number of guanidine groups is 1. The molecule has 2 aromatic heterocycles. The van der Waals surface area contributed by atoms with E-state index in [0.29, 0.717) is 0 Å². The quantitative estimate of drug-likeness (QED) is 0.0697. The first-order valence-corrected chi connectivity index (χ1v) is 16.3. The number of nitrogens with two attached hydrogens (primary N) is 1. The normalized spacial score (nSPS) is 11.9. The van der Waals surface area contributed by atoms with Gasteiger partial charge in [0.1, 0.15) is 32.6 Å². The number of fused-ring (bicyclic) bond motifs is 1. The molecule has 0 atom stereocenters. The summed E-state index contributed by atoms with van der Waals surface area (Å²) in [5.74, 6) is -0.103. The zero-order valence-corrected chi connectivity index (χ0v) is 26.2. The number of nitrogens with one attached hydrogen (secondary N) is 2. The van der Waals surface area contributed by atoms with Crippen molar-refractivity contribution >= 4 is 48.7 Å². The fraction of sp³-hybridized carbons (Fsp3) is 0.107. The summed E-state index contributed by atoms with van der Waals surface area (Å²) in [6.07, 6.45) is 5.85. The van der Waals surface area contributed by atoms with E-state index in [2.05, 4.69) is 37.8 Å². The van der Waals surface area contributed by atoms with E-state index in [4.69, 9.17) is 10.9 Å².